The van der Waals surface area contributed by atoms with Crippen molar-refractivity contribution in [2.45, 2.75) is 12.3 Å². The van der Waals surface area contributed by atoms with Crippen molar-refractivity contribution in [2.75, 3.05) is 13.2 Å². The molecule has 4 nitrogen and oxygen atoms in total. The molecule has 1 aliphatic heterocycles. The van der Waals surface area contributed by atoms with Crippen LogP contribution in [-0.4, -0.2) is 30.4 Å². The van der Waals surface area contributed by atoms with E-state index in [-0.39, 0.29) is 11.9 Å². The van der Waals surface area contributed by atoms with Crippen LogP contribution >= 0.6 is 0 Å². The van der Waals surface area contributed by atoms with Crippen LogP contribution in [0.1, 0.15) is 15.9 Å². The molecule has 2 rings (SSSR count). The molecule has 0 radical (unpaired) electrons. The van der Waals surface area contributed by atoms with Crippen LogP contribution in [-0.2, 0) is 10.9 Å². The van der Waals surface area contributed by atoms with Gasteiger partial charge in [0.25, 0.3) is 0 Å². The van der Waals surface area contributed by atoms with Crippen molar-refractivity contribution in [1.29, 1.82) is 0 Å². The Morgan fingerprint density at radius 2 is 2.06 bits per heavy atom. The maximum absolute atomic E-state index is 12.6. The van der Waals surface area contributed by atoms with Gasteiger partial charge >= 0.3 is 12.1 Å². The minimum absolute atomic E-state index is 0.0914. The lowest BCUT2D eigenvalue weighted by molar-refractivity contribution is -0.138. The predicted molar refractivity (Wildman–Crippen MR) is 53.6 cm³/mol. The Morgan fingerprint density at radius 1 is 1.39 bits per heavy atom. The molecule has 1 aromatic rings. The van der Waals surface area contributed by atoms with Crippen LogP contribution < -0.4 is 4.74 Å². The maximum Gasteiger partial charge on any atom is 0.417 e. The van der Waals surface area contributed by atoms with Gasteiger partial charge in [-0.1, -0.05) is 0 Å². The van der Waals surface area contributed by atoms with E-state index in [9.17, 15) is 18.0 Å². The molecule has 1 aromatic carbocycles. The zero-order chi connectivity index (χ0) is 13.3. The van der Waals surface area contributed by atoms with Gasteiger partial charge in [-0.25, -0.2) is 4.79 Å². The number of benzene rings is 1. The number of carboxylic acids is 1. The summed E-state index contributed by atoms with van der Waals surface area (Å²) in [6, 6.07) is 2.69. The van der Waals surface area contributed by atoms with Gasteiger partial charge in [-0.2, -0.15) is 13.2 Å². The lowest BCUT2D eigenvalue weighted by Crippen LogP contribution is -2.38. The maximum atomic E-state index is 12.6. The number of carbonyl (C=O) groups is 1. The van der Waals surface area contributed by atoms with Crippen molar-refractivity contribution in [3.8, 4) is 5.75 Å². The number of hydrogen-bond donors (Lipinski definition) is 1. The first-order chi connectivity index (χ1) is 8.38. The lowest BCUT2D eigenvalue weighted by atomic mass is 10.1. The number of hydrogen-bond acceptors (Lipinski definition) is 3. The van der Waals surface area contributed by atoms with E-state index in [1.807, 2.05) is 0 Å². The highest BCUT2D eigenvalue weighted by Crippen LogP contribution is 2.34. The van der Waals surface area contributed by atoms with E-state index in [0.29, 0.717) is 19.3 Å². The first kappa shape index (κ1) is 12.7. The van der Waals surface area contributed by atoms with E-state index in [2.05, 4.69) is 0 Å². The van der Waals surface area contributed by atoms with Crippen molar-refractivity contribution in [3.63, 3.8) is 0 Å². The first-order valence-corrected chi connectivity index (χ1v) is 5.07. The number of aromatic carboxylic acids is 1. The summed E-state index contributed by atoms with van der Waals surface area (Å²) >= 11 is 0. The normalized spacial score (nSPS) is 16.2. The minimum atomic E-state index is -4.70. The van der Waals surface area contributed by atoms with E-state index >= 15 is 0 Å². The van der Waals surface area contributed by atoms with Crippen LogP contribution in [0.2, 0.25) is 0 Å². The van der Waals surface area contributed by atoms with Crippen LogP contribution in [0.15, 0.2) is 18.2 Å². The second-order valence-corrected chi connectivity index (χ2v) is 3.79. The second kappa shape index (κ2) is 4.49. The van der Waals surface area contributed by atoms with Crippen molar-refractivity contribution < 1.29 is 32.5 Å². The third-order valence-corrected chi connectivity index (χ3v) is 2.44. The van der Waals surface area contributed by atoms with E-state index in [1.54, 1.807) is 0 Å². The Morgan fingerprint density at radius 3 is 2.50 bits per heavy atom. The number of alkyl halides is 3. The second-order valence-electron chi connectivity index (χ2n) is 3.79. The molecule has 1 aliphatic rings. The topological polar surface area (TPSA) is 55.8 Å². The van der Waals surface area contributed by atoms with Gasteiger partial charge in [0.05, 0.1) is 24.3 Å². The summed E-state index contributed by atoms with van der Waals surface area (Å²) in [5, 5.41) is 8.78. The fourth-order valence-electron chi connectivity index (χ4n) is 1.50. The van der Waals surface area contributed by atoms with Gasteiger partial charge in [0, 0.05) is 0 Å². The van der Waals surface area contributed by atoms with E-state index in [0.717, 1.165) is 12.1 Å². The number of halogens is 3. The minimum Gasteiger partial charge on any atom is -0.486 e. The molecule has 0 aliphatic carbocycles. The van der Waals surface area contributed by atoms with Gasteiger partial charge in [0.15, 0.2) is 0 Å². The molecule has 98 valence electrons. The fraction of sp³-hybridized carbons (Fsp3) is 0.364. The lowest BCUT2D eigenvalue weighted by Gasteiger charge is -2.27. The average molecular weight is 262 g/mol. The third kappa shape index (κ3) is 2.56. The molecule has 0 amide bonds. The van der Waals surface area contributed by atoms with Gasteiger partial charge in [0.1, 0.15) is 11.9 Å². The first-order valence-electron chi connectivity index (χ1n) is 5.07. The monoisotopic (exact) mass is 262 g/mol. The van der Waals surface area contributed by atoms with Crippen LogP contribution in [0.3, 0.4) is 0 Å². The molecule has 0 unspecified atom stereocenters. The summed E-state index contributed by atoms with van der Waals surface area (Å²) < 4.78 is 47.8. The van der Waals surface area contributed by atoms with Crippen molar-refractivity contribution in [1.82, 2.24) is 0 Å². The van der Waals surface area contributed by atoms with Gasteiger partial charge in [-0.05, 0) is 18.2 Å². The number of ether oxygens (including phenoxy) is 2. The fourth-order valence-corrected chi connectivity index (χ4v) is 1.50. The smallest absolute Gasteiger partial charge is 0.417 e. The molecule has 0 atom stereocenters. The molecular formula is C11H9F3O4. The molecule has 1 saturated heterocycles. The number of carboxylic acid groups (broad SMARTS) is 1. The summed E-state index contributed by atoms with van der Waals surface area (Å²) in [4.78, 5) is 10.8. The van der Waals surface area contributed by atoms with Gasteiger partial charge < -0.3 is 14.6 Å². The predicted octanol–water partition coefficient (Wildman–Crippen LogP) is 2.18. The van der Waals surface area contributed by atoms with Gasteiger partial charge in [-0.15, -0.1) is 0 Å². The van der Waals surface area contributed by atoms with Crippen LogP contribution in [0, 0.1) is 0 Å². The Balaban J connectivity index is 2.30. The quantitative estimate of drug-likeness (QED) is 0.907. The van der Waals surface area contributed by atoms with Crippen LogP contribution in [0.4, 0.5) is 13.2 Å². The zero-order valence-corrected chi connectivity index (χ0v) is 9.03. The summed E-state index contributed by atoms with van der Waals surface area (Å²) in [7, 11) is 0. The molecule has 1 N–H and O–H groups in total. The molecule has 0 saturated carbocycles. The summed E-state index contributed by atoms with van der Waals surface area (Å²) in [5.41, 5.74) is -2.01. The molecule has 0 bridgehead atoms. The van der Waals surface area contributed by atoms with Crippen LogP contribution in [0.5, 0.6) is 5.75 Å². The Bertz CT molecular complexity index is 466. The van der Waals surface area contributed by atoms with Crippen molar-refractivity contribution in [3.05, 3.63) is 29.3 Å². The highest BCUT2D eigenvalue weighted by atomic mass is 19.4. The summed E-state index contributed by atoms with van der Waals surface area (Å²) in [5.74, 6) is -1.55. The van der Waals surface area contributed by atoms with E-state index < -0.39 is 23.3 Å². The molecule has 0 aromatic heterocycles. The van der Waals surface area contributed by atoms with E-state index in [1.165, 1.54) is 0 Å². The Kier molecular flexibility index (Phi) is 3.16. The molecule has 1 fully saturated rings. The molecular weight excluding hydrogens is 253 g/mol. The molecule has 18 heavy (non-hydrogen) atoms. The molecule has 0 spiro atoms. The number of rotatable bonds is 3. The SMILES string of the molecule is O=C(O)c1cc(OC2COC2)ccc1C(F)(F)F. The van der Waals surface area contributed by atoms with Crippen LogP contribution in [0.25, 0.3) is 0 Å². The third-order valence-electron chi connectivity index (χ3n) is 2.44. The summed E-state index contributed by atoms with van der Waals surface area (Å²) in [6.07, 6.45) is -4.94. The Labute approximate surface area is 99.9 Å². The highest BCUT2D eigenvalue weighted by Gasteiger charge is 2.35. The average Bonchev–Trinajstić information content (AvgIpc) is 2.21. The zero-order valence-electron chi connectivity index (χ0n) is 9.03. The van der Waals surface area contributed by atoms with Crippen molar-refractivity contribution >= 4 is 5.97 Å². The van der Waals surface area contributed by atoms with Gasteiger partial charge in [-0.3, -0.25) is 0 Å². The highest BCUT2D eigenvalue weighted by molar-refractivity contribution is 5.90. The molecule has 1 heterocycles. The van der Waals surface area contributed by atoms with Crippen molar-refractivity contribution in [2.24, 2.45) is 0 Å². The molecule has 7 heteroatoms. The largest absolute Gasteiger partial charge is 0.486 e. The Hall–Kier alpha value is -1.76. The van der Waals surface area contributed by atoms with Gasteiger partial charge in [0.2, 0.25) is 0 Å². The summed E-state index contributed by atoms with van der Waals surface area (Å²) in [6.45, 7) is 0.701. The standard InChI is InChI=1S/C11H9F3O4/c12-11(13,14)9-2-1-6(3-8(9)10(15)16)18-7-4-17-5-7/h1-3,7H,4-5H2,(H,15,16). The van der Waals surface area contributed by atoms with E-state index in [4.69, 9.17) is 14.6 Å².